The third-order valence-corrected chi connectivity index (χ3v) is 9.33. The molecule has 1 fully saturated rings. The number of benzene rings is 2. The molecule has 0 unspecified atom stereocenters. The highest BCUT2D eigenvalue weighted by Gasteiger charge is 2.38. The SMILES string of the molecule is COc1ccc2c(c1)c(CNCCN1CCC(c3cccs3)(N(C)C)CC1)c(C)n2Cc1ccccc1. The minimum Gasteiger partial charge on any atom is -0.497 e. The smallest absolute Gasteiger partial charge is 0.119 e. The molecule has 37 heavy (non-hydrogen) atoms. The monoisotopic (exact) mass is 516 g/mol. The molecule has 0 atom stereocenters. The predicted octanol–water partition coefficient (Wildman–Crippen LogP) is 5.71. The number of piperidine rings is 1. The van der Waals surface area contributed by atoms with E-state index in [0.29, 0.717) is 0 Å². The van der Waals surface area contributed by atoms with Crippen molar-refractivity contribution in [1.29, 1.82) is 0 Å². The number of fused-ring (bicyclic) bond motifs is 1. The maximum Gasteiger partial charge on any atom is 0.119 e. The van der Waals surface area contributed by atoms with Gasteiger partial charge in [-0.05, 0) is 74.6 Å². The molecular weight excluding hydrogens is 476 g/mol. The molecule has 0 spiro atoms. The maximum atomic E-state index is 5.57. The number of hydrogen-bond acceptors (Lipinski definition) is 5. The molecule has 6 heteroatoms. The van der Waals surface area contributed by atoms with E-state index < -0.39 is 0 Å². The van der Waals surface area contributed by atoms with Gasteiger partial charge >= 0.3 is 0 Å². The van der Waals surface area contributed by atoms with Crippen molar-refractivity contribution < 1.29 is 4.74 Å². The summed E-state index contributed by atoms with van der Waals surface area (Å²) >= 11 is 1.90. The van der Waals surface area contributed by atoms with Gasteiger partial charge in [-0.25, -0.2) is 0 Å². The van der Waals surface area contributed by atoms with Gasteiger partial charge in [0, 0.05) is 60.7 Å². The van der Waals surface area contributed by atoms with Gasteiger partial charge in [0.2, 0.25) is 0 Å². The second-order valence-electron chi connectivity index (χ2n) is 10.4. The summed E-state index contributed by atoms with van der Waals surface area (Å²) < 4.78 is 8.01. The molecule has 1 aliphatic heterocycles. The number of thiophene rings is 1. The largest absolute Gasteiger partial charge is 0.497 e. The summed E-state index contributed by atoms with van der Waals surface area (Å²) in [4.78, 5) is 6.57. The Balaban J connectivity index is 1.23. The normalized spacial score (nSPS) is 16.0. The number of nitrogens with zero attached hydrogens (tertiary/aromatic N) is 3. The second-order valence-corrected chi connectivity index (χ2v) is 11.4. The van der Waals surface area contributed by atoms with Crippen molar-refractivity contribution in [2.45, 2.75) is 38.4 Å². The minimum absolute atomic E-state index is 0.189. The van der Waals surface area contributed by atoms with Gasteiger partial charge in [0.1, 0.15) is 5.75 Å². The minimum atomic E-state index is 0.189. The van der Waals surface area contributed by atoms with Crippen molar-refractivity contribution in [1.82, 2.24) is 19.7 Å². The Morgan fingerprint density at radius 3 is 2.49 bits per heavy atom. The van der Waals surface area contributed by atoms with E-state index in [4.69, 9.17) is 4.74 Å². The number of methoxy groups -OCH3 is 1. The van der Waals surface area contributed by atoms with Crippen LogP contribution < -0.4 is 10.1 Å². The summed E-state index contributed by atoms with van der Waals surface area (Å²) in [5, 5.41) is 7.26. The molecule has 0 amide bonds. The van der Waals surface area contributed by atoms with Gasteiger partial charge in [0.05, 0.1) is 12.6 Å². The van der Waals surface area contributed by atoms with E-state index in [-0.39, 0.29) is 5.54 Å². The standard InChI is InChI=1S/C31H40N4OS/c1-24-28(27-21-26(36-4)12-13-29(27)35(24)23-25-9-6-5-7-10-25)22-32-16-19-34-17-14-31(15-18-34,33(2)3)30-11-8-20-37-30/h5-13,20-21,32H,14-19,22-23H2,1-4H3. The molecule has 0 radical (unpaired) electrons. The molecule has 4 aromatic rings. The fourth-order valence-corrected chi connectivity index (χ4v) is 6.97. The summed E-state index contributed by atoms with van der Waals surface area (Å²) in [6.07, 6.45) is 2.37. The van der Waals surface area contributed by atoms with Crippen molar-refractivity contribution in [2.24, 2.45) is 0 Å². The van der Waals surface area contributed by atoms with Crippen molar-refractivity contribution in [3.63, 3.8) is 0 Å². The number of nitrogens with one attached hydrogen (secondary N) is 1. The molecular formula is C31H40N4OS. The third-order valence-electron chi connectivity index (χ3n) is 8.27. The number of ether oxygens (including phenoxy) is 1. The number of rotatable bonds is 10. The highest BCUT2D eigenvalue weighted by molar-refractivity contribution is 7.10. The van der Waals surface area contributed by atoms with Crippen LogP contribution in [0.15, 0.2) is 66.0 Å². The molecule has 1 saturated heterocycles. The second kappa shape index (κ2) is 11.4. The van der Waals surface area contributed by atoms with Crippen LogP contribution in [0.1, 0.15) is 34.5 Å². The van der Waals surface area contributed by atoms with E-state index in [2.05, 4.69) is 107 Å². The summed E-state index contributed by atoms with van der Waals surface area (Å²) in [6.45, 7) is 8.35. The first-order valence-electron chi connectivity index (χ1n) is 13.4. The first-order chi connectivity index (χ1) is 18.0. The Labute approximate surface area is 225 Å². The fraction of sp³-hybridized carbons (Fsp3) is 0.419. The number of hydrogen-bond donors (Lipinski definition) is 1. The third kappa shape index (κ3) is 5.34. The van der Waals surface area contributed by atoms with Crippen molar-refractivity contribution in [2.75, 3.05) is 47.4 Å². The van der Waals surface area contributed by atoms with Crippen LogP contribution in [0, 0.1) is 6.92 Å². The lowest BCUT2D eigenvalue weighted by Crippen LogP contribution is -2.51. The summed E-state index contributed by atoms with van der Waals surface area (Å²) in [5.41, 5.74) is 5.47. The van der Waals surface area contributed by atoms with E-state index in [9.17, 15) is 0 Å². The van der Waals surface area contributed by atoms with Gasteiger partial charge in [-0.2, -0.15) is 0 Å². The Morgan fingerprint density at radius 1 is 1.03 bits per heavy atom. The molecule has 196 valence electrons. The molecule has 0 saturated carbocycles. The molecule has 2 aromatic heterocycles. The molecule has 3 heterocycles. The van der Waals surface area contributed by atoms with E-state index in [1.54, 1.807) is 7.11 Å². The molecule has 5 nitrogen and oxygen atoms in total. The van der Waals surface area contributed by atoms with Gasteiger partial charge in [0.15, 0.2) is 0 Å². The van der Waals surface area contributed by atoms with Crippen LogP contribution in [-0.4, -0.2) is 61.8 Å². The fourth-order valence-electron chi connectivity index (χ4n) is 5.91. The van der Waals surface area contributed by atoms with Crippen molar-refractivity contribution in [3.8, 4) is 5.75 Å². The number of likely N-dealkylation sites (tertiary alicyclic amines) is 1. The van der Waals surface area contributed by atoms with E-state index >= 15 is 0 Å². The Bertz CT molecular complexity index is 1290. The Kier molecular flexibility index (Phi) is 8.01. The molecule has 0 aliphatic carbocycles. The lowest BCUT2D eigenvalue weighted by atomic mass is 9.84. The van der Waals surface area contributed by atoms with Gasteiger partial charge < -0.3 is 19.5 Å². The van der Waals surface area contributed by atoms with Crippen molar-refractivity contribution >= 4 is 22.2 Å². The molecule has 0 bridgehead atoms. The zero-order chi connectivity index (χ0) is 25.8. The van der Waals surface area contributed by atoms with Crippen LogP contribution in [0.3, 0.4) is 0 Å². The predicted molar refractivity (Wildman–Crippen MR) is 156 cm³/mol. The van der Waals surface area contributed by atoms with E-state index in [1.807, 2.05) is 11.3 Å². The summed E-state index contributed by atoms with van der Waals surface area (Å²) in [6, 6.07) is 21.7. The highest BCUT2D eigenvalue weighted by Crippen LogP contribution is 2.39. The zero-order valence-corrected chi connectivity index (χ0v) is 23.5. The quantitative estimate of drug-likeness (QED) is 0.274. The lowest BCUT2D eigenvalue weighted by Gasteiger charge is -2.45. The van der Waals surface area contributed by atoms with Crippen LogP contribution in [0.5, 0.6) is 5.75 Å². The van der Waals surface area contributed by atoms with Gasteiger partial charge in [-0.15, -0.1) is 11.3 Å². The van der Waals surface area contributed by atoms with E-state index in [0.717, 1.165) is 45.0 Å². The van der Waals surface area contributed by atoms with E-state index in [1.165, 1.54) is 45.4 Å². The van der Waals surface area contributed by atoms with Crippen LogP contribution in [-0.2, 0) is 18.6 Å². The van der Waals surface area contributed by atoms with Gasteiger partial charge in [-0.1, -0.05) is 36.4 Å². The van der Waals surface area contributed by atoms with Crippen LogP contribution >= 0.6 is 11.3 Å². The molecule has 5 rings (SSSR count). The highest BCUT2D eigenvalue weighted by atomic mass is 32.1. The van der Waals surface area contributed by atoms with Gasteiger partial charge in [-0.3, -0.25) is 4.90 Å². The molecule has 1 N–H and O–H groups in total. The van der Waals surface area contributed by atoms with Crippen LogP contribution in [0.2, 0.25) is 0 Å². The summed E-state index contributed by atoms with van der Waals surface area (Å²) in [7, 11) is 6.22. The van der Waals surface area contributed by atoms with Crippen LogP contribution in [0.4, 0.5) is 0 Å². The zero-order valence-electron chi connectivity index (χ0n) is 22.7. The number of aromatic nitrogens is 1. The average Bonchev–Trinajstić information content (AvgIpc) is 3.55. The van der Waals surface area contributed by atoms with Crippen molar-refractivity contribution in [3.05, 3.63) is 87.7 Å². The first kappa shape index (κ1) is 26.0. The average molecular weight is 517 g/mol. The van der Waals surface area contributed by atoms with Gasteiger partial charge in [0.25, 0.3) is 0 Å². The summed E-state index contributed by atoms with van der Waals surface area (Å²) in [5.74, 6) is 0.911. The topological polar surface area (TPSA) is 32.7 Å². The van der Waals surface area contributed by atoms with Crippen LogP contribution in [0.25, 0.3) is 10.9 Å². The Hall–Kier alpha value is -2.64. The molecule has 2 aromatic carbocycles. The Morgan fingerprint density at radius 2 is 1.81 bits per heavy atom. The molecule has 1 aliphatic rings. The first-order valence-corrected chi connectivity index (χ1v) is 14.2. The lowest BCUT2D eigenvalue weighted by molar-refractivity contribution is 0.0571. The maximum absolute atomic E-state index is 5.57.